The highest BCUT2D eigenvalue weighted by Crippen LogP contribution is 2.22. The molecule has 0 aliphatic heterocycles. The quantitative estimate of drug-likeness (QED) is 0.586. The molecule has 1 amide bonds. The van der Waals surface area contributed by atoms with Crippen LogP contribution in [0.5, 0.6) is 0 Å². The molecule has 1 aromatic heterocycles. The zero-order chi connectivity index (χ0) is 16.1. The molecule has 120 valence electrons. The molecule has 0 spiro atoms. The third-order valence-electron chi connectivity index (χ3n) is 2.61. The summed E-state index contributed by atoms with van der Waals surface area (Å²) in [7, 11) is -3.65. The summed E-state index contributed by atoms with van der Waals surface area (Å²) in [4.78, 5) is 11.8. The molecule has 0 aliphatic carbocycles. The second kappa shape index (κ2) is 7.28. The fraction of sp³-hybridized carbons (Fsp3) is 0.750. The van der Waals surface area contributed by atoms with E-state index in [9.17, 15) is 13.2 Å². The van der Waals surface area contributed by atoms with Gasteiger partial charge in [0.25, 0.3) is 10.0 Å². The summed E-state index contributed by atoms with van der Waals surface area (Å²) in [5.74, 6) is -0.237. The van der Waals surface area contributed by atoms with Crippen LogP contribution in [0.15, 0.2) is 4.34 Å². The molecule has 0 bridgehead atoms. The van der Waals surface area contributed by atoms with Crippen LogP contribution in [0.25, 0.3) is 0 Å². The van der Waals surface area contributed by atoms with Crippen LogP contribution in [0, 0.1) is 5.41 Å². The van der Waals surface area contributed by atoms with Gasteiger partial charge in [0, 0.05) is 12.0 Å². The minimum absolute atomic E-state index is 0.136. The Hall–Kier alpha value is -1.06. The number of hydrogen-bond donors (Lipinski definition) is 2. The van der Waals surface area contributed by atoms with Crippen LogP contribution in [0.2, 0.25) is 0 Å². The van der Waals surface area contributed by atoms with Crippen molar-refractivity contribution in [2.45, 2.75) is 51.3 Å². The molecule has 1 aromatic rings. The SMILES string of the molecule is CCCCCNS(=O)(=O)c1nnc(NC(=O)C(C)(C)C)s1. The zero-order valence-electron chi connectivity index (χ0n) is 12.8. The van der Waals surface area contributed by atoms with Gasteiger partial charge >= 0.3 is 0 Å². The molecule has 0 atom stereocenters. The molecule has 7 nitrogen and oxygen atoms in total. The summed E-state index contributed by atoms with van der Waals surface area (Å²) in [6, 6.07) is 0. The second-order valence-corrected chi connectivity index (χ2v) is 8.60. The lowest BCUT2D eigenvalue weighted by molar-refractivity contribution is -0.123. The van der Waals surface area contributed by atoms with Gasteiger partial charge in [-0.25, -0.2) is 13.1 Å². The average molecular weight is 334 g/mol. The van der Waals surface area contributed by atoms with Crippen molar-refractivity contribution < 1.29 is 13.2 Å². The molecule has 1 heterocycles. The Labute approximate surface area is 129 Å². The summed E-state index contributed by atoms with van der Waals surface area (Å²) in [6.07, 6.45) is 2.76. The molecule has 0 aromatic carbocycles. The smallest absolute Gasteiger partial charge is 0.269 e. The minimum atomic E-state index is -3.65. The van der Waals surface area contributed by atoms with Gasteiger partial charge in [0.1, 0.15) is 0 Å². The molecular formula is C12H22N4O3S2. The molecule has 2 N–H and O–H groups in total. The monoisotopic (exact) mass is 334 g/mol. The van der Waals surface area contributed by atoms with Crippen LogP contribution in [0.3, 0.4) is 0 Å². The van der Waals surface area contributed by atoms with Crippen LogP contribution < -0.4 is 10.0 Å². The summed E-state index contributed by atoms with van der Waals surface area (Å²) in [5.41, 5.74) is -0.580. The maximum absolute atomic E-state index is 12.0. The van der Waals surface area contributed by atoms with Crippen LogP contribution in [-0.2, 0) is 14.8 Å². The van der Waals surface area contributed by atoms with E-state index in [0.717, 1.165) is 30.6 Å². The predicted octanol–water partition coefficient (Wildman–Crippen LogP) is 1.99. The van der Waals surface area contributed by atoms with E-state index in [4.69, 9.17) is 0 Å². The number of amides is 1. The van der Waals surface area contributed by atoms with E-state index >= 15 is 0 Å². The van der Waals surface area contributed by atoms with Gasteiger partial charge < -0.3 is 5.32 Å². The van der Waals surface area contributed by atoms with Crippen LogP contribution in [-0.4, -0.2) is 31.1 Å². The van der Waals surface area contributed by atoms with Crippen LogP contribution in [0.1, 0.15) is 47.0 Å². The topological polar surface area (TPSA) is 101 Å². The molecule has 0 fully saturated rings. The van der Waals surface area contributed by atoms with Crippen LogP contribution >= 0.6 is 11.3 Å². The molecule has 0 radical (unpaired) electrons. The standard InChI is InChI=1S/C12H22N4O3S2/c1-5-6-7-8-13-21(18,19)11-16-15-10(20-11)14-9(17)12(2,3)4/h13H,5-8H2,1-4H3,(H,14,15,17). The maximum Gasteiger partial charge on any atom is 0.269 e. The fourth-order valence-electron chi connectivity index (χ4n) is 1.30. The van der Waals surface area contributed by atoms with Crippen molar-refractivity contribution in [3.63, 3.8) is 0 Å². The van der Waals surface area contributed by atoms with E-state index in [-0.39, 0.29) is 15.4 Å². The number of sulfonamides is 1. The summed E-state index contributed by atoms with van der Waals surface area (Å²) >= 11 is 0.843. The van der Waals surface area contributed by atoms with E-state index < -0.39 is 15.4 Å². The number of carbonyl (C=O) groups is 1. The first kappa shape index (κ1) is 18.0. The number of rotatable bonds is 7. The maximum atomic E-state index is 12.0. The van der Waals surface area contributed by atoms with E-state index in [2.05, 4.69) is 20.2 Å². The van der Waals surface area contributed by atoms with Crippen molar-refractivity contribution in [3.8, 4) is 0 Å². The fourth-order valence-corrected chi connectivity index (χ4v) is 3.31. The highest BCUT2D eigenvalue weighted by atomic mass is 32.2. The normalized spacial score (nSPS) is 12.4. The second-order valence-electron chi connectivity index (χ2n) is 5.68. The van der Waals surface area contributed by atoms with Crippen molar-refractivity contribution in [2.24, 2.45) is 5.41 Å². The van der Waals surface area contributed by atoms with Crippen molar-refractivity contribution in [1.29, 1.82) is 0 Å². The number of anilines is 1. The lowest BCUT2D eigenvalue weighted by Gasteiger charge is -2.15. The van der Waals surface area contributed by atoms with E-state index in [0.29, 0.717) is 6.54 Å². The molecule has 0 aliphatic rings. The van der Waals surface area contributed by atoms with Gasteiger partial charge in [0.05, 0.1) is 0 Å². The van der Waals surface area contributed by atoms with Crippen molar-refractivity contribution in [3.05, 3.63) is 0 Å². The summed E-state index contributed by atoms with van der Waals surface area (Å²) in [6.45, 7) is 7.70. The molecular weight excluding hydrogens is 312 g/mol. The summed E-state index contributed by atoms with van der Waals surface area (Å²) < 4.78 is 26.3. The van der Waals surface area contributed by atoms with E-state index in [1.807, 2.05) is 6.92 Å². The zero-order valence-corrected chi connectivity index (χ0v) is 14.4. The Morgan fingerprint density at radius 1 is 1.24 bits per heavy atom. The van der Waals surface area contributed by atoms with Gasteiger partial charge in [0.2, 0.25) is 15.4 Å². The van der Waals surface area contributed by atoms with Gasteiger partial charge in [-0.1, -0.05) is 51.9 Å². The molecule has 0 saturated carbocycles. The highest BCUT2D eigenvalue weighted by Gasteiger charge is 2.24. The van der Waals surface area contributed by atoms with Gasteiger partial charge in [-0.3, -0.25) is 4.79 Å². The molecule has 0 unspecified atom stereocenters. The lowest BCUT2D eigenvalue weighted by Crippen LogP contribution is -2.27. The third kappa shape index (κ3) is 5.68. The molecule has 0 saturated heterocycles. The Morgan fingerprint density at radius 2 is 1.90 bits per heavy atom. The van der Waals surface area contributed by atoms with E-state index in [1.165, 1.54) is 0 Å². The number of aromatic nitrogens is 2. The number of hydrogen-bond acceptors (Lipinski definition) is 6. The third-order valence-corrected chi connectivity index (χ3v) is 5.28. The van der Waals surface area contributed by atoms with Gasteiger partial charge in [0.15, 0.2) is 0 Å². The molecule has 1 rings (SSSR count). The molecule has 9 heteroatoms. The highest BCUT2D eigenvalue weighted by molar-refractivity contribution is 7.91. The van der Waals surface area contributed by atoms with Gasteiger partial charge in [-0.05, 0) is 6.42 Å². The largest absolute Gasteiger partial charge is 0.300 e. The predicted molar refractivity (Wildman–Crippen MR) is 82.7 cm³/mol. The van der Waals surface area contributed by atoms with Crippen molar-refractivity contribution >= 4 is 32.4 Å². The Kier molecular flexibility index (Phi) is 6.24. The first-order valence-corrected chi connectivity index (χ1v) is 9.11. The first-order valence-electron chi connectivity index (χ1n) is 6.81. The average Bonchev–Trinajstić information content (AvgIpc) is 2.83. The lowest BCUT2D eigenvalue weighted by atomic mass is 9.96. The van der Waals surface area contributed by atoms with Crippen LogP contribution in [0.4, 0.5) is 5.13 Å². The number of carbonyl (C=O) groups excluding carboxylic acids is 1. The number of nitrogens with one attached hydrogen (secondary N) is 2. The van der Waals surface area contributed by atoms with Gasteiger partial charge in [-0.15, -0.1) is 10.2 Å². The first-order chi connectivity index (χ1) is 9.66. The Bertz CT molecular complexity index is 576. The van der Waals surface area contributed by atoms with Crippen molar-refractivity contribution in [2.75, 3.05) is 11.9 Å². The van der Waals surface area contributed by atoms with Gasteiger partial charge in [-0.2, -0.15) is 0 Å². The van der Waals surface area contributed by atoms with E-state index in [1.54, 1.807) is 20.8 Å². The Morgan fingerprint density at radius 3 is 2.48 bits per heavy atom. The number of nitrogens with zero attached hydrogens (tertiary/aromatic N) is 2. The summed E-state index contributed by atoms with van der Waals surface area (Å²) in [5, 5.41) is 10.1. The minimum Gasteiger partial charge on any atom is -0.300 e. The number of unbranched alkanes of at least 4 members (excludes halogenated alkanes) is 2. The molecule has 21 heavy (non-hydrogen) atoms. The Balaban J connectivity index is 2.67. The van der Waals surface area contributed by atoms with Crippen molar-refractivity contribution in [1.82, 2.24) is 14.9 Å².